The van der Waals surface area contributed by atoms with Crippen LogP contribution in [0.5, 0.6) is 5.88 Å². The van der Waals surface area contributed by atoms with Crippen LogP contribution < -0.4 is 4.74 Å². The maximum absolute atomic E-state index is 13.3. The number of hydrogen-bond donors (Lipinski definition) is 0. The molecule has 4 heterocycles. The van der Waals surface area contributed by atoms with E-state index in [4.69, 9.17) is 4.74 Å². The lowest BCUT2D eigenvalue weighted by molar-refractivity contribution is -0.151. The van der Waals surface area contributed by atoms with Gasteiger partial charge in [0.15, 0.2) is 0 Å². The number of rotatable bonds is 4. The Kier molecular flexibility index (Phi) is 5.38. The third-order valence-corrected chi connectivity index (χ3v) is 7.26. The van der Waals surface area contributed by atoms with Gasteiger partial charge >= 0.3 is 0 Å². The number of pyridine rings is 1. The summed E-state index contributed by atoms with van der Waals surface area (Å²) in [6.07, 6.45) is 6.20. The van der Waals surface area contributed by atoms with Gasteiger partial charge < -0.3 is 14.5 Å². The van der Waals surface area contributed by atoms with Gasteiger partial charge in [-0.1, -0.05) is 30.3 Å². The van der Waals surface area contributed by atoms with Crippen molar-refractivity contribution in [1.29, 1.82) is 0 Å². The Morgan fingerprint density at radius 3 is 2.68 bits per heavy atom. The second-order valence-corrected chi connectivity index (χ2v) is 9.07. The van der Waals surface area contributed by atoms with E-state index in [-0.39, 0.29) is 18.0 Å². The molecule has 0 saturated carbocycles. The van der Waals surface area contributed by atoms with Gasteiger partial charge in [0.2, 0.25) is 11.8 Å². The van der Waals surface area contributed by atoms with Crippen LogP contribution in [0.1, 0.15) is 41.6 Å². The molecule has 0 N–H and O–H groups in total. The SMILES string of the molecule is COc1ccc(C(=O)N2C[C@H]3C[C@@H](C2)[C@H](Cc2ccccc2)N2C(=O)CCC[C@@H]32)cn1. The predicted octanol–water partition coefficient (Wildman–Crippen LogP) is 3.17. The van der Waals surface area contributed by atoms with Crippen molar-refractivity contribution in [3.8, 4) is 5.88 Å². The summed E-state index contributed by atoms with van der Waals surface area (Å²) in [6.45, 7) is 1.41. The Morgan fingerprint density at radius 1 is 1.13 bits per heavy atom. The quantitative estimate of drug-likeness (QED) is 0.764. The van der Waals surface area contributed by atoms with E-state index in [9.17, 15) is 9.59 Å². The fraction of sp³-hybridized carbons (Fsp3) is 0.480. The van der Waals surface area contributed by atoms with Gasteiger partial charge in [-0.05, 0) is 49.1 Å². The normalized spacial score (nSPS) is 27.6. The van der Waals surface area contributed by atoms with E-state index in [2.05, 4.69) is 34.1 Å². The first-order valence-electron chi connectivity index (χ1n) is 11.3. The molecule has 1 aromatic heterocycles. The van der Waals surface area contributed by atoms with Gasteiger partial charge in [-0.2, -0.15) is 0 Å². The van der Waals surface area contributed by atoms with Crippen LogP contribution in [0.25, 0.3) is 0 Å². The monoisotopic (exact) mass is 419 g/mol. The second kappa shape index (κ2) is 8.33. The van der Waals surface area contributed by atoms with Crippen LogP contribution in [0.15, 0.2) is 48.7 Å². The lowest BCUT2D eigenvalue weighted by Crippen LogP contribution is -2.66. The summed E-state index contributed by atoms with van der Waals surface area (Å²) < 4.78 is 5.12. The highest BCUT2D eigenvalue weighted by molar-refractivity contribution is 5.94. The number of nitrogens with zero attached hydrogens (tertiary/aromatic N) is 3. The minimum Gasteiger partial charge on any atom is -0.481 e. The van der Waals surface area contributed by atoms with E-state index in [1.807, 2.05) is 11.0 Å². The zero-order valence-corrected chi connectivity index (χ0v) is 17.9. The molecule has 2 amide bonds. The van der Waals surface area contributed by atoms with Crippen molar-refractivity contribution in [1.82, 2.24) is 14.8 Å². The Labute approximate surface area is 183 Å². The minimum atomic E-state index is 0.0268. The van der Waals surface area contributed by atoms with Crippen LogP contribution in [-0.2, 0) is 11.2 Å². The lowest BCUT2D eigenvalue weighted by atomic mass is 9.70. The van der Waals surface area contributed by atoms with Crippen LogP contribution in [0.2, 0.25) is 0 Å². The molecule has 2 bridgehead atoms. The molecular formula is C25H29N3O3. The molecule has 0 radical (unpaired) electrons. The number of methoxy groups -OCH3 is 1. The molecule has 1 aromatic carbocycles. The van der Waals surface area contributed by atoms with Gasteiger partial charge in [0.25, 0.3) is 5.91 Å². The minimum absolute atomic E-state index is 0.0268. The smallest absolute Gasteiger partial charge is 0.255 e. The highest BCUT2D eigenvalue weighted by Crippen LogP contribution is 2.42. The number of hydrogen-bond acceptors (Lipinski definition) is 4. The first-order valence-corrected chi connectivity index (χ1v) is 11.3. The summed E-state index contributed by atoms with van der Waals surface area (Å²) in [6, 6.07) is 14.4. The molecule has 0 spiro atoms. The van der Waals surface area contributed by atoms with Crippen molar-refractivity contribution in [2.45, 2.75) is 44.2 Å². The first kappa shape index (κ1) is 20.0. The summed E-state index contributed by atoms with van der Waals surface area (Å²) in [7, 11) is 1.57. The molecule has 6 nitrogen and oxygen atoms in total. The summed E-state index contributed by atoms with van der Waals surface area (Å²) in [5.41, 5.74) is 1.85. The average molecular weight is 420 g/mol. The zero-order valence-electron chi connectivity index (χ0n) is 17.9. The van der Waals surface area contributed by atoms with Crippen LogP contribution >= 0.6 is 0 Å². The van der Waals surface area contributed by atoms with Crippen molar-refractivity contribution in [3.63, 3.8) is 0 Å². The standard InChI is InChI=1S/C25H29N3O3/c1-31-23-11-10-18(14-26-23)25(30)27-15-19-13-20(16-27)22(12-17-6-3-2-4-7-17)28-21(19)8-5-9-24(28)29/h2-4,6-7,10-11,14,19-22H,5,8-9,12-13,15-16H2,1H3/t19-,20+,21+,22+/m1/s1. The Bertz CT molecular complexity index is 946. The third kappa shape index (κ3) is 3.80. The average Bonchev–Trinajstić information content (AvgIpc) is 2.82. The molecule has 31 heavy (non-hydrogen) atoms. The fourth-order valence-electron chi connectivity index (χ4n) is 5.87. The molecular weight excluding hydrogens is 390 g/mol. The number of fused-ring (bicyclic) bond motifs is 4. The number of likely N-dealkylation sites (tertiary alicyclic amines) is 1. The Balaban J connectivity index is 1.41. The van der Waals surface area contributed by atoms with Crippen LogP contribution in [-0.4, -0.2) is 58.9 Å². The number of amides is 2. The molecule has 0 aliphatic carbocycles. The van der Waals surface area contributed by atoms with E-state index < -0.39 is 0 Å². The van der Waals surface area contributed by atoms with Gasteiger partial charge in [0.1, 0.15) is 0 Å². The molecule has 3 saturated heterocycles. The summed E-state index contributed by atoms with van der Waals surface area (Å²) in [5, 5.41) is 0. The molecule has 5 rings (SSSR count). The number of aromatic nitrogens is 1. The van der Waals surface area contributed by atoms with Crippen molar-refractivity contribution < 1.29 is 14.3 Å². The summed E-state index contributed by atoms with van der Waals surface area (Å²) >= 11 is 0. The molecule has 3 aliphatic heterocycles. The molecule has 0 unspecified atom stereocenters. The summed E-state index contributed by atoms with van der Waals surface area (Å²) in [5.74, 6) is 1.48. The molecule has 3 aliphatic rings. The van der Waals surface area contributed by atoms with Gasteiger partial charge in [0, 0.05) is 43.9 Å². The van der Waals surface area contributed by atoms with Crippen molar-refractivity contribution >= 4 is 11.8 Å². The van der Waals surface area contributed by atoms with Gasteiger partial charge in [-0.15, -0.1) is 0 Å². The van der Waals surface area contributed by atoms with E-state index in [0.717, 1.165) is 25.7 Å². The maximum atomic E-state index is 13.3. The van der Waals surface area contributed by atoms with E-state index in [0.29, 0.717) is 48.7 Å². The topological polar surface area (TPSA) is 62.7 Å². The lowest BCUT2D eigenvalue weighted by Gasteiger charge is -2.56. The van der Waals surface area contributed by atoms with Crippen LogP contribution in [0.4, 0.5) is 0 Å². The Morgan fingerprint density at radius 2 is 1.94 bits per heavy atom. The Hall–Kier alpha value is -2.89. The van der Waals surface area contributed by atoms with Crippen molar-refractivity contribution in [3.05, 3.63) is 59.8 Å². The molecule has 2 aromatic rings. The van der Waals surface area contributed by atoms with Gasteiger partial charge in [0.05, 0.1) is 12.7 Å². The van der Waals surface area contributed by atoms with Gasteiger partial charge in [-0.3, -0.25) is 9.59 Å². The maximum Gasteiger partial charge on any atom is 0.255 e. The van der Waals surface area contributed by atoms with Crippen LogP contribution in [0.3, 0.4) is 0 Å². The molecule has 6 heteroatoms. The number of carbonyl (C=O) groups is 2. The molecule has 162 valence electrons. The predicted molar refractivity (Wildman–Crippen MR) is 117 cm³/mol. The van der Waals surface area contributed by atoms with Crippen molar-refractivity contribution in [2.75, 3.05) is 20.2 Å². The van der Waals surface area contributed by atoms with E-state index in [1.165, 1.54) is 5.56 Å². The van der Waals surface area contributed by atoms with Crippen molar-refractivity contribution in [2.24, 2.45) is 11.8 Å². The number of ether oxygens (including phenoxy) is 1. The summed E-state index contributed by atoms with van der Waals surface area (Å²) in [4.78, 5) is 34.7. The number of carbonyl (C=O) groups excluding carboxylic acids is 2. The largest absolute Gasteiger partial charge is 0.481 e. The third-order valence-electron chi connectivity index (χ3n) is 7.26. The van der Waals surface area contributed by atoms with E-state index >= 15 is 0 Å². The van der Waals surface area contributed by atoms with Crippen LogP contribution in [0, 0.1) is 11.8 Å². The second-order valence-electron chi connectivity index (χ2n) is 9.07. The number of piperidine rings is 3. The first-order chi connectivity index (χ1) is 15.1. The number of benzene rings is 1. The highest BCUT2D eigenvalue weighted by Gasteiger charge is 2.49. The molecule has 3 fully saturated rings. The zero-order chi connectivity index (χ0) is 21.4. The molecule has 4 atom stereocenters. The highest BCUT2D eigenvalue weighted by atomic mass is 16.5. The fourth-order valence-corrected chi connectivity index (χ4v) is 5.87. The van der Waals surface area contributed by atoms with E-state index in [1.54, 1.807) is 25.4 Å². The van der Waals surface area contributed by atoms with Gasteiger partial charge in [-0.25, -0.2) is 4.98 Å².